The lowest BCUT2D eigenvalue weighted by Crippen LogP contribution is -2.58. The number of likely N-dealkylation sites (tertiary alicyclic amines) is 1. The number of aliphatic hydroxyl groups excluding tert-OH is 1. The van der Waals surface area contributed by atoms with Crippen LogP contribution in [0.1, 0.15) is 23.1 Å². The molecule has 0 bridgehead atoms. The summed E-state index contributed by atoms with van der Waals surface area (Å²) in [5.74, 6) is -3.95. The second-order valence-corrected chi connectivity index (χ2v) is 12.6. The Bertz CT molecular complexity index is 1800. The highest BCUT2D eigenvalue weighted by atomic mass is 35.5. The summed E-state index contributed by atoms with van der Waals surface area (Å²) in [6.07, 6.45) is -6.88. The first kappa shape index (κ1) is 32.3. The smallest absolute Gasteiger partial charge is 0.497 e. The second-order valence-electron chi connectivity index (χ2n) is 10.4. The maximum absolute atomic E-state index is 15.0. The van der Waals surface area contributed by atoms with Crippen LogP contribution in [0, 0.1) is 6.92 Å². The number of rotatable bonds is 8. The van der Waals surface area contributed by atoms with Crippen molar-refractivity contribution in [1.82, 2.24) is 4.90 Å². The fraction of sp³-hybridized carbons (Fsp3) is 0.310. The Morgan fingerprint density at radius 2 is 1.73 bits per heavy atom. The fourth-order valence-electron chi connectivity index (χ4n) is 5.93. The summed E-state index contributed by atoms with van der Waals surface area (Å²) in [6, 6.07) is 9.46. The van der Waals surface area contributed by atoms with Gasteiger partial charge in [0.15, 0.2) is 11.3 Å². The van der Waals surface area contributed by atoms with Crippen LogP contribution in [0.25, 0.3) is 0 Å². The van der Waals surface area contributed by atoms with Crippen LogP contribution < -0.4 is 18.5 Å². The van der Waals surface area contributed by atoms with Crippen molar-refractivity contribution in [3.8, 4) is 17.2 Å². The predicted molar refractivity (Wildman–Crippen MR) is 153 cm³/mol. The van der Waals surface area contributed by atoms with Crippen molar-refractivity contribution in [2.45, 2.75) is 42.3 Å². The number of carboxylic acids is 1. The minimum Gasteiger partial charge on any atom is -0.497 e. The van der Waals surface area contributed by atoms with Gasteiger partial charge in [0.05, 0.1) is 26.0 Å². The van der Waals surface area contributed by atoms with Crippen molar-refractivity contribution >= 4 is 39.2 Å². The van der Waals surface area contributed by atoms with E-state index in [2.05, 4.69) is 4.74 Å². The third-order valence-corrected chi connectivity index (χ3v) is 9.67. The summed E-state index contributed by atoms with van der Waals surface area (Å²) in [5, 5.41) is 20.9. The van der Waals surface area contributed by atoms with E-state index in [1.165, 1.54) is 37.4 Å². The first-order chi connectivity index (χ1) is 21.1. The van der Waals surface area contributed by atoms with Crippen molar-refractivity contribution in [3.63, 3.8) is 0 Å². The first-order valence-electron chi connectivity index (χ1n) is 13.2. The number of nitrogens with zero attached hydrogens (tertiary/aromatic N) is 2. The zero-order valence-electron chi connectivity index (χ0n) is 23.8. The number of carbonyl (C=O) groups excluding carboxylic acids is 1. The zero-order chi connectivity index (χ0) is 33.1. The number of aliphatic carboxylic acids is 1. The molecular formula is C29H26ClF3N2O9S. The molecule has 2 aliphatic heterocycles. The maximum Gasteiger partial charge on any atom is 0.573 e. The molecule has 0 spiro atoms. The van der Waals surface area contributed by atoms with E-state index in [1.807, 2.05) is 0 Å². The van der Waals surface area contributed by atoms with Gasteiger partial charge in [-0.25, -0.2) is 12.7 Å². The Morgan fingerprint density at radius 3 is 2.36 bits per heavy atom. The van der Waals surface area contributed by atoms with E-state index >= 15 is 4.79 Å². The molecule has 2 heterocycles. The Kier molecular flexibility index (Phi) is 8.19. The summed E-state index contributed by atoms with van der Waals surface area (Å²) < 4.78 is 84.1. The number of methoxy groups -OCH3 is 2. The number of aryl methyl sites for hydroxylation is 1. The third-order valence-electron chi connectivity index (χ3n) is 7.70. The highest BCUT2D eigenvalue weighted by Gasteiger charge is 2.64. The lowest BCUT2D eigenvalue weighted by Gasteiger charge is -2.41. The van der Waals surface area contributed by atoms with Gasteiger partial charge in [0.2, 0.25) is 0 Å². The molecule has 1 fully saturated rings. The minimum atomic E-state index is -5.32. The summed E-state index contributed by atoms with van der Waals surface area (Å²) in [7, 11) is -2.81. The van der Waals surface area contributed by atoms with Crippen molar-refractivity contribution in [2.75, 3.05) is 25.1 Å². The van der Waals surface area contributed by atoms with Crippen LogP contribution >= 0.6 is 11.6 Å². The topological polar surface area (TPSA) is 143 Å². The number of fused-ring (bicyclic) bond motifs is 1. The average Bonchev–Trinajstić information content (AvgIpc) is 3.47. The number of hydrogen-bond donors (Lipinski definition) is 2. The molecule has 1 amide bonds. The number of anilines is 1. The normalized spacial score (nSPS) is 22.0. The number of carbonyl (C=O) groups is 2. The van der Waals surface area contributed by atoms with Gasteiger partial charge in [0.25, 0.3) is 15.9 Å². The maximum atomic E-state index is 15.0. The van der Waals surface area contributed by atoms with Crippen LogP contribution in [-0.4, -0.2) is 74.7 Å². The Morgan fingerprint density at radius 1 is 1.02 bits per heavy atom. The SMILES string of the molecule is COc1ccc(S(=O)(=O)N2C(=O)C(c3cc(C)ccc3OC)(N3C[C@H](O)C[C@H]3C(=O)O)c3cc(Cl)ccc32)c(OC(F)(F)F)c1. The number of sulfonamides is 1. The summed E-state index contributed by atoms with van der Waals surface area (Å²) in [6.45, 7) is 1.28. The van der Waals surface area contributed by atoms with Gasteiger partial charge in [-0.15, -0.1) is 13.2 Å². The van der Waals surface area contributed by atoms with Gasteiger partial charge in [-0.3, -0.25) is 14.5 Å². The third kappa shape index (κ3) is 5.32. The molecule has 0 aliphatic carbocycles. The summed E-state index contributed by atoms with van der Waals surface area (Å²) in [4.78, 5) is 27.7. The molecule has 1 saturated heterocycles. The van der Waals surface area contributed by atoms with Crippen LogP contribution in [0.15, 0.2) is 59.5 Å². The number of halogens is 4. The molecule has 3 aromatic carbocycles. The number of alkyl halides is 3. The molecule has 1 unspecified atom stereocenters. The van der Waals surface area contributed by atoms with Crippen LogP contribution in [0.2, 0.25) is 5.02 Å². The molecule has 240 valence electrons. The van der Waals surface area contributed by atoms with Gasteiger partial charge in [0, 0.05) is 35.2 Å². The monoisotopic (exact) mass is 670 g/mol. The Balaban J connectivity index is 1.87. The van der Waals surface area contributed by atoms with Crippen molar-refractivity contribution in [1.29, 1.82) is 0 Å². The van der Waals surface area contributed by atoms with Gasteiger partial charge in [-0.05, 0) is 49.4 Å². The average molecular weight is 671 g/mol. The summed E-state index contributed by atoms with van der Waals surface area (Å²) >= 11 is 6.38. The number of hydrogen-bond acceptors (Lipinski definition) is 9. The van der Waals surface area contributed by atoms with E-state index in [0.717, 1.165) is 24.1 Å². The molecular weight excluding hydrogens is 645 g/mol. The molecule has 3 atom stereocenters. The Labute approximate surface area is 260 Å². The first-order valence-corrected chi connectivity index (χ1v) is 15.0. The quantitative estimate of drug-likeness (QED) is 0.360. The standard InChI is InChI=1S/C29H26ClF3N2O9S/c1-15-4-8-23(43-3)20(10-15)28(34-14-17(36)12-22(34)26(37)38)19-11-16(30)5-7-21(19)35(27(28)39)45(40,41)25-9-6-18(42-2)13-24(25)44-29(31,32)33/h4-11,13,17,22,36H,12,14H2,1-3H3,(H,37,38)/t17-,22+,28?/m1/s1. The van der Waals surface area contributed by atoms with E-state index in [1.54, 1.807) is 13.0 Å². The molecule has 2 aliphatic rings. The minimum absolute atomic E-state index is 0.0260. The number of aliphatic hydroxyl groups is 1. The van der Waals surface area contributed by atoms with Crippen molar-refractivity contribution in [3.05, 3.63) is 76.3 Å². The van der Waals surface area contributed by atoms with Crippen LogP contribution in [0.5, 0.6) is 17.2 Å². The van der Waals surface area contributed by atoms with Gasteiger partial charge in [0.1, 0.15) is 22.4 Å². The molecule has 0 saturated carbocycles. The van der Waals surface area contributed by atoms with Gasteiger partial charge >= 0.3 is 12.3 Å². The molecule has 3 aromatic rings. The predicted octanol–water partition coefficient (Wildman–Crippen LogP) is 4.06. The lowest BCUT2D eigenvalue weighted by molar-refractivity contribution is -0.275. The number of ether oxygens (including phenoxy) is 3. The largest absolute Gasteiger partial charge is 0.573 e. The molecule has 2 N–H and O–H groups in total. The molecule has 45 heavy (non-hydrogen) atoms. The summed E-state index contributed by atoms with van der Waals surface area (Å²) in [5.41, 5.74) is -2.11. The number of carboxylic acid groups (broad SMARTS) is 1. The van der Waals surface area contributed by atoms with E-state index < -0.39 is 63.1 Å². The van der Waals surface area contributed by atoms with E-state index in [-0.39, 0.29) is 39.8 Å². The highest BCUT2D eigenvalue weighted by Crippen LogP contribution is 2.55. The van der Waals surface area contributed by atoms with Crippen LogP contribution in [-0.2, 0) is 25.2 Å². The van der Waals surface area contributed by atoms with E-state index in [0.29, 0.717) is 15.9 Å². The molecule has 0 aromatic heterocycles. The highest BCUT2D eigenvalue weighted by molar-refractivity contribution is 7.93. The van der Waals surface area contributed by atoms with E-state index in [9.17, 15) is 36.6 Å². The molecule has 5 rings (SSSR count). The zero-order valence-corrected chi connectivity index (χ0v) is 25.4. The second kappa shape index (κ2) is 11.4. The van der Waals surface area contributed by atoms with Gasteiger partial charge < -0.3 is 24.4 Å². The molecule has 11 nitrogen and oxygen atoms in total. The van der Waals surface area contributed by atoms with Crippen molar-refractivity contribution < 1.29 is 55.6 Å². The molecule has 0 radical (unpaired) electrons. The van der Waals surface area contributed by atoms with Gasteiger partial charge in [-0.2, -0.15) is 0 Å². The van der Waals surface area contributed by atoms with Gasteiger partial charge in [-0.1, -0.05) is 23.2 Å². The fourth-order valence-corrected chi connectivity index (χ4v) is 7.66. The van der Waals surface area contributed by atoms with Crippen LogP contribution in [0.3, 0.4) is 0 Å². The van der Waals surface area contributed by atoms with Crippen molar-refractivity contribution in [2.24, 2.45) is 0 Å². The Hall–Kier alpha value is -4.05. The number of benzene rings is 3. The van der Waals surface area contributed by atoms with Crippen LogP contribution in [0.4, 0.5) is 18.9 Å². The number of amides is 1. The number of β-amino-alcohol motifs (C(OH)–C–C–N with tert-alkyl or cyclic N) is 1. The van der Waals surface area contributed by atoms with E-state index in [4.69, 9.17) is 21.1 Å². The molecule has 16 heteroatoms. The lowest BCUT2D eigenvalue weighted by atomic mass is 9.80.